The number of hydrogen-bond acceptors (Lipinski definition) is 1. The maximum Gasteiger partial charge on any atom is 1.00 e. The average Bonchev–Trinajstić information content (AvgIpc) is 2.15. The molecule has 0 bridgehead atoms. The minimum Gasteiger partial charge on any atom is -0.489 e. The second kappa shape index (κ2) is 5.05. The van der Waals surface area contributed by atoms with E-state index >= 15 is 0 Å². The molecule has 0 fully saturated rings. The van der Waals surface area contributed by atoms with E-state index in [0.29, 0.717) is 5.75 Å². The topological polar surface area (TPSA) is 9.23 Å². The fourth-order valence-electron chi connectivity index (χ4n) is 1.47. The zero-order chi connectivity index (χ0) is 10.2. The Hall–Kier alpha value is 0.251. The van der Waals surface area contributed by atoms with Crippen LogP contribution in [0.25, 0.3) is 5.47 Å². The maximum absolute atomic E-state index is 12.6. The monoisotopic (exact) mass is 238 g/mol. The van der Waals surface area contributed by atoms with Crippen molar-refractivity contribution >= 4 is 12.4 Å². The minimum absolute atomic E-state index is 0. The molecule has 1 aromatic rings. The Morgan fingerprint density at radius 1 is 1.13 bits per heavy atom. The molecule has 2 rings (SSSR count). The predicted molar refractivity (Wildman–Crippen MR) is 49.0 cm³/mol. The van der Waals surface area contributed by atoms with Crippen molar-refractivity contribution in [3.8, 4) is 5.75 Å². The first-order valence-electron chi connectivity index (χ1n) is 4.21. The molecule has 0 N–H and O–H groups in total. The molecule has 0 unspecified atom stereocenters. The Balaban J connectivity index is 0.00000112. The summed E-state index contributed by atoms with van der Waals surface area (Å²) in [7, 11) is 0. The van der Waals surface area contributed by atoms with E-state index in [2.05, 4.69) is 0 Å². The number of fused-ring (bicyclic) bond motifs is 1. The number of hydrogen-bond donors (Lipinski definition) is 0. The molecule has 0 saturated heterocycles. The molecule has 74 valence electrons. The molecule has 1 heterocycles. The molecule has 15 heavy (non-hydrogen) atoms. The van der Waals surface area contributed by atoms with Gasteiger partial charge in [0.2, 0.25) is 0 Å². The van der Waals surface area contributed by atoms with Crippen LogP contribution in [0.1, 0.15) is 5.56 Å². The van der Waals surface area contributed by atoms with Gasteiger partial charge in [0, 0.05) is 0 Å². The zero-order valence-electron chi connectivity index (χ0n) is 8.21. The molecular weight excluding hydrogens is 231 g/mol. The van der Waals surface area contributed by atoms with Crippen molar-refractivity contribution in [1.29, 1.82) is 0 Å². The van der Waals surface area contributed by atoms with Crippen LogP contribution in [0.3, 0.4) is 0 Å². The Bertz CT molecular complexity index is 389. The van der Waals surface area contributed by atoms with Gasteiger partial charge in [-0.15, -0.1) is 0 Å². The van der Waals surface area contributed by atoms with Crippen LogP contribution in [0.15, 0.2) is 30.3 Å². The van der Waals surface area contributed by atoms with Crippen LogP contribution in [0.4, 0.5) is 12.9 Å². The van der Waals surface area contributed by atoms with Gasteiger partial charge in [-0.05, 0) is 11.6 Å². The van der Waals surface area contributed by atoms with E-state index < -0.39 is 12.4 Å². The Morgan fingerprint density at radius 3 is 2.47 bits per heavy atom. The summed E-state index contributed by atoms with van der Waals surface area (Å²) >= 11 is 0. The molecule has 0 atom stereocenters. The van der Waals surface area contributed by atoms with E-state index in [0.717, 1.165) is 6.08 Å². The van der Waals surface area contributed by atoms with Gasteiger partial charge in [-0.3, -0.25) is 0 Å². The summed E-state index contributed by atoms with van der Waals surface area (Å²) in [5.74, 6) is 0.309. The van der Waals surface area contributed by atoms with E-state index in [4.69, 9.17) is 4.74 Å². The first-order chi connectivity index (χ1) is 6.59. The van der Waals surface area contributed by atoms with Crippen LogP contribution in [0.5, 0.6) is 5.75 Å². The summed E-state index contributed by atoms with van der Waals surface area (Å²) in [5.41, 5.74) is -0.405. The van der Waals surface area contributed by atoms with Crippen LogP contribution in [-0.2, 0) is 0 Å². The Kier molecular flexibility index (Phi) is 4.49. The van der Waals surface area contributed by atoms with Crippen molar-refractivity contribution in [2.45, 2.75) is 0 Å². The SMILES string of the molecule is F[B-](F)(F)C1=CCOc2ccccc21.[K+]. The molecular formula is C9H7BF3KO. The van der Waals surface area contributed by atoms with Gasteiger partial charge < -0.3 is 17.7 Å². The quantitative estimate of drug-likeness (QED) is 0.618. The fraction of sp³-hybridized carbons (Fsp3) is 0.111. The summed E-state index contributed by atoms with van der Waals surface area (Å²) in [6.07, 6.45) is 1.09. The normalized spacial score (nSPS) is 14.5. The third-order valence-corrected chi connectivity index (χ3v) is 2.09. The largest absolute Gasteiger partial charge is 1.00 e. The van der Waals surface area contributed by atoms with Crippen LogP contribution >= 0.6 is 0 Å². The maximum atomic E-state index is 12.6. The summed E-state index contributed by atoms with van der Waals surface area (Å²) in [6, 6.07) is 6.20. The molecule has 1 aliphatic heterocycles. The van der Waals surface area contributed by atoms with Crippen molar-refractivity contribution in [2.24, 2.45) is 0 Å². The second-order valence-electron chi connectivity index (χ2n) is 3.04. The fourth-order valence-corrected chi connectivity index (χ4v) is 1.47. The number of para-hydroxylation sites is 1. The molecule has 0 radical (unpaired) electrons. The van der Waals surface area contributed by atoms with Crippen LogP contribution < -0.4 is 56.1 Å². The minimum atomic E-state index is -4.95. The Morgan fingerprint density at radius 2 is 1.80 bits per heavy atom. The van der Waals surface area contributed by atoms with Gasteiger partial charge in [0.15, 0.2) is 0 Å². The molecule has 0 aliphatic carbocycles. The summed E-state index contributed by atoms with van der Waals surface area (Å²) < 4.78 is 42.8. The van der Waals surface area contributed by atoms with Crippen LogP contribution in [-0.4, -0.2) is 13.6 Å². The predicted octanol–water partition coefficient (Wildman–Crippen LogP) is -0.147. The summed E-state index contributed by atoms with van der Waals surface area (Å²) in [5, 5.41) is 0. The van der Waals surface area contributed by atoms with Crippen molar-refractivity contribution < 1.29 is 69.1 Å². The molecule has 1 aromatic carbocycles. The second-order valence-corrected chi connectivity index (χ2v) is 3.04. The van der Waals surface area contributed by atoms with Gasteiger partial charge in [0.05, 0.1) is 0 Å². The van der Waals surface area contributed by atoms with Gasteiger partial charge in [-0.2, -0.15) is 0 Å². The van der Waals surface area contributed by atoms with Gasteiger partial charge >= 0.3 is 58.4 Å². The van der Waals surface area contributed by atoms with E-state index in [1.54, 1.807) is 18.2 Å². The first-order valence-corrected chi connectivity index (χ1v) is 4.21. The van der Waals surface area contributed by atoms with Gasteiger partial charge in [0.1, 0.15) is 12.4 Å². The number of rotatable bonds is 1. The molecule has 0 amide bonds. The van der Waals surface area contributed by atoms with Crippen molar-refractivity contribution in [3.05, 3.63) is 35.9 Å². The summed E-state index contributed by atoms with van der Waals surface area (Å²) in [4.78, 5) is 0. The van der Waals surface area contributed by atoms with Crippen molar-refractivity contribution in [1.82, 2.24) is 0 Å². The van der Waals surface area contributed by atoms with Crippen LogP contribution in [0.2, 0.25) is 0 Å². The third kappa shape index (κ3) is 2.88. The molecule has 1 nitrogen and oxygen atoms in total. The van der Waals surface area contributed by atoms with Crippen LogP contribution in [0, 0.1) is 0 Å². The van der Waals surface area contributed by atoms with E-state index in [1.807, 2.05) is 0 Å². The number of halogens is 3. The van der Waals surface area contributed by atoms with E-state index in [9.17, 15) is 12.9 Å². The van der Waals surface area contributed by atoms with Crippen molar-refractivity contribution in [3.63, 3.8) is 0 Å². The Labute approximate surface area is 128 Å². The van der Waals surface area contributed by atoms with E-state index in [1.165, 1.54) is 6.07 Å². The van der Waals surface area contributed by atoms with E-state index in [-0.39, 0.29) is 63.6 Å². The van der Waals surface area contributed by atoms with Gasteiger partial charge in [0.25, 0.3) is 0 Å². The van der Waals surface area contributed by atoms with Gasteiger partial charge in [-0.25, -0.2) is 0 Å². The number of benzene rings is 1. The summed E-state index contributed by atoms with van der Waals surface area (Å²) in [6.45, 7) is -4.95. The zero-order valence-corrected chi connectivity index (χ0v) is 11.3. The van der Waals surface area contributed by atoms with Gasteiger partial charge in [-0.1, -0.05) is 29.7 Å². The van der Waals surface area contributed by atoms with Crippen molar-refractivity contribution in [2.75, 3.05) is 6.61 Å². The standard InChI is InChI=1S/C9H7BF3O.K/c11-10(12,13)8-5-6-14-9-4-2-1-3-7(8)9;/h1-5H,6H2;/q-1;+1. The molecule has 0 aromatic heterocycles. The molecule has 0 spiro atoms. The third-order valence-electron chi connectivity index (χ3n) is 2.09. The molecule has 0 saturated carbocycles. The molecule has 6 heteroatoms. The number of ether oxygens (including phenoxy) is 1. The molecule has 1 aliphatic rings. The average molecular weight is 238 g/mol. The first kappa shape index (κ1) is 13.3. The smallest absolute Gasteiger partial charge is 0.489 e.